The number of hydrogen-bond acceptors (Lipinski definition) is 3. The molecule has 17 heavy (non-hydrogen) atoms. The average molecular weight is 257 g/mol. The van der Waals surface area contributed by atoms with E-state index in [0.717, 1.165) is 0 Å². The lowest BCUT2D eigenvalue weighted by Crippen LogP contribution is -2.33. The van der Waals surface area contributed by atoms with E-state index in [1.165, 1.54) is 0 Å². The summed E-state index contributed by atoms with van der Waals surface area (Å²) in [5.41, 5.74) is -0.505. The normalized spacial score (nSPS) is 13.0. The summed E-state index contributed by atoms with van der Waals surface area (Å²) in [7, 11) is 0. The monoisotopic (exact) mass is 256 g/mol. The minimum atomic E-state index is -0.643. The molecule has 0 bridgehead atoms. The maximum atomic E-state index is 11.7. The van der Waals surface area contributed by atoms with Gasteiger partial charge in [0.15, 0.2) is 6.10 Å². The Hall–Kier alpha value is -1.22. The minimum absolute atomic E-state index is 0.382. The van der Waals surface area contributed by atoms with Crippen LogP contribution >= 0.6 is 11.6 Å². The number of ether oxygens (including phenoxy) is 2. The number of benzene rings is 1. The average Bonchev–Trinajstić information content (AvgIpc) is 2.19. The molecule has 0 unspecified atom stereocenters. The third-order valence-corrected chi connectivity index (χ3v) is 2.12. The van der Waals surface area contributed by atoms with Crippen LogP contribution in [-0.2, 0) is 9.53 Å². The van der Waals surface area contributed by atoms with Gasteiger partial charge in [-0.15, -0.1) is 0 Å². The van der Waals surface area contributed by atoms with Crippen molar-refractivity contribution in [1.82, 2.24) is 0 Å². The van der Waals surface area contributed by atoms with Crippen molar-refractivity contribution < 1.29 is 14.3 Å². The van der Waals surface area contributed by atoms with Crippen molar-refractivity contribution in [3.05, 3.63) is 29.3 Å². The van der Waals surface area contributed by atoms with Gasteiger partial charge in [-0.1, -0.05) is 11.6 Å². The van der Waals surface area contributed by atoms with E-state index < -0.39 is 11.7 Å². The molecule has 0 radical (unpaired) electrons. The van der Waals surface area contributed by atoms with E-state index in [9.17, 15) is 4.79 Å². The molecule has 0 aromatic heterocycles. The van der Waals surface area contributed by atoms with Gasteiger partial charge >= 0.3 is 5.97 Å². The molecular formula is C13H17ClO3. The van der Waals surface area contributed by atoms with Gasteiger partial charge in [0.05, 0.1) is 0 Å². The van der Waals surface area contributed by atoms with Crippen molar-refractivity contribution in [2.45, 2.75) is 39.4 Å². The van der Waals surface area contributed by atoms with Crippen LogP contribution in [0.5, 0.6) is 5.75 Å². The van der Waals surface area contributed by atoms with Gasteiger partial charge < -0.3 is 9.47 Å². The summed E-state index contributed by atoms with van der Waals surface area (Å²) in [6.07, 6.45) is -0.643. The van der Waals surface area contributed by atoms with E-state index in [2.05, 4.69) is 0 Å². The van der Waals surface area contributed by atoms with Crippen LogP contribution in [0, 0.1) is 0 Å². The number of carbonyl (C=O) groups is 1. The van der Waals surface area contributed by atoms with Gasteiger partial charge in [-0.3, -0.25) is 0 Å². The Balaban J connectivity index is 2.57. The predicted octanol–water partition coefficient (Wildman–Crippen LogP) is 3.45. The molecule has 0 aliphatic carbocycles. The highest BCUT2D eigenvalue weighted by molar-refractivity contribution is 6.30. The summed E-state index contributed by atoms with van der Waals surface area (Å²) >= 11 is 5.75. The summed E-state index contributed by atoms with van der Waals surface area (Å²) in [5.74, 6) is 0.209. The Bertz CT molecular complexity index is 379. The molecule has 0 aliphatic rings. The highest BCUT2D eigenvalue weighted by Gasteiger charge is 2.22. The Kier molecular flexibility index (Phi) is 4.40. The van der Waals surface area contributed by atoms with Gasteiger partial charge in [-0.25, -0.2) is 4.79 Å². The molecule has 1 atom stereocenters. The Morgan fingerprint density at radius 3 is 2.24 bits per heavy atom. The Morgan fingerprint density at radius 1 is 1.24 bits per heavy atom. The van der Waals surface area contributed by atoms with Crippen LogP contribution in [0.3, 0.4) is 0 Å². The summed E-state index contributed by atoms with van der Waals surface area (Å²) < 4.78 is 10.6. The van der Waals surface area contributed by atoms with Crippen molar-refractivity contribution in [3.8, 4) is 5.75 Å². The molecule has 4 heteroatoms. The minimum Gasteiger partial charge on any atom is -0.479 e. The third kappa shape index (κ3) is 5.09. The molecule has 0 saturated carbocycles. The Morgan fingerprint density at radius 2 is 1.76 bits per heavy atom. The van der Waals surface area contributed by atoms with Gasteiger partial charge in [0.25, 0.3) is 0 Å². The smallest absolute Gasteiger partial charge is 0.347 e. The predicted molar refractivity (Wildman–Crippen MR) is 67.4 cm³/mol. The molecule has 0 N–H and O–H groups in total. The van der Waals surface area contributed by atoms with Gasteiger partial charge in [-0.05, 0) is 52.0 Å². The number of esters is 1. The van der Waals surface area contributed by atoms with Crippen molar-refractivity contribution in [2.75, 3.05) is 0 Å². The second-order valence-corrected chi connectivity index (χ2v) is 5.18. The van der Waals surface area contributed by atoms with Crippen LogP contribution in [0.25, 0.3) is 0 Å². The summed E-state index contributed by atoms with van der Waals surface area (Å²) in [4.78, 5) is 11.7. The van der Waals surface area contributed by atoms with Crippen LogP contribution in [0.4, 0.5) is 0 Å². The van der Waals surface area contributed by atoms with E-state index in [0.29, 0.717) is 10.8 Å². The number of halogens is 1. The zero-order valence-electron chi connectivity index (χ0n) is 10.5. The van der Waals surface area contributed by atoms with Crippen LogP contribution in [0.2, 0.25) is 5.02 Å². The lowest BCUT2D eigenvalue weighted by molar-refractivity contribution is -0.162. The quantitative estimate of drug-likeness (QED) is 0.777. The zero-order valence-corrected chi connectivity index (χ0v) is 11.2. The second kappa shape index (κ2) is 5.41. The number of rotatable bonds is 3. The first-order valence-corrected chi connectivity index (χ1v) is 5.81. The van der Waals surface area contributed by atoms with E-state index in [1.807, 2.05) is 20.8 Å². The molecule has 0 fully saturated rings. The molecule has 0 amide bonds. The summed E-state index contributed by atoms with van der Waals surface area (Å²) in [6.45, 7) is 7.11. The van der Waals surface area contributed by atoms with Crippen LogP contribution in [-0.4, -0.2) is 17.7 Å². The molecule has 3 nitrogen and oxygen atoms in total. The third-order valence-electron chi connectivity index (χ3n) is 1.87. The zero-order chi connectivity index (χ0) is 13.1. The molecule has 1 aromatic rings. The summed E-state index contributed by atoms with van der Waals surface area (Å²) in [5, 5.41) is 0.627. The first kappa shape index (κ1) is 13.8. The largest absolute Gasteiger partial charge is 0.479 e. The van der Waals surface area contributed by atoms with Gasteiger partial charge in [0.2, 0.25) is 0 Å². The highest BCUT2D eigenvalue weighted by atomic mass is 35.5. The first-order chi connectivity index (χ1) is 7.78. The molecule has 0 spiro atoms. The summed E-state index contributed by atoms with van der Waals surface area (Å²) in [6, 6.07) is 6.84. The maximum absolute atomic E-state index is 11.7. The fraction of sp³-hybridized carbons (Fsp3) is 0.462. The van der Waals surface area contributed by atoms with E-state index in [4.69, 9.17) is 21.1 Å². The van der Waals surface area contributed by atoms with Crippen molar-refractivity contribution in [3.63, 3.8) is 0 Å². The van der Waals surface area contributed by atoms with Crippen LogP contribution in [0.1, 0.15) is 27.7 Å². The second-order valence-electron chi connectivity index (χ2n) is 4.75. The molecule has 0 heterocycles. The van der Waals surface area contributed by atoms with Crippen molar-refractivity contribution in [1.29, 1.82) is 0 Å². The van der Waals surface area contributed by atoms with E-state index >= 15 is 0 Å². The lowest BCUT2D eigenvalue weighted by atomic mass is 10.2. The molecule has 0 aliphatic heterocycles. The number of hydrogen-bond donors (Lipinski definition) is 0. The topological polar surface area (TPSA) is 35.5 Å². The lowest BCUT2D eigenvalue weighted by Gasteiger charge is -2.22. The highest BCUT2D eigenvalue weighted by Crippen LogP contribution is 2.18. The molecule has 0 saturated heterocycles. The standard InChI is InChI=1S/C13H17ClO3/c1-9(12(15)17-13(2,3)4)16-11-7-5-10(14)6-8-11/h5-9H,1-4H3/t9-/m1/s1. The number of carbonyl (C=O) groups excluding carboxylic acids is 1. The SMILES string of the molecule is C[C@@H](Oc1ccc(Cl)cc1)C(=O)OC(C)(C)C. The molecule has 1 rings (SSSR count). The maximum Gasteiger partial charge on any atom is 0.347 e. The van der Waals surface area contributed by atoms with Crippen LogP contribution in [0.15, 0.2) is 24.3 Å². The van der Waals surface area contributed by atoms with Crippen molar-refractivity contribution >= 4 is 17.6 Å². The van der Waals surface area contributed by atoms with Gasteiger partial charge in [-0.2, -0.15) is 0 Å². The fourth-order valence-electron chi connectivity index (χ4n) is 1.15. The van der Waals surface area contributed by atoms with Gasteiger partial charge in [0, 0.05) is 5.02 Å². The van der Waals surface area contributed by atoms with E-state index in [-0.39, 0.29) is 5.97 Å². The molecule has 1 aromatic carbocycles. The van der Waals surface area contributed by atoms with Crippen LogP contribution < -0.4 is 4.74 Å². The molecule has 94 valence electrons. The van der Waals surface area contributed by atoms with Crippen molar-refractivity contribution in [2.24, 2.45) is 0 Å². The van der Waals surface area contributed by atoms with E-state index in [1.54, 1.807) is 31.2 Å². The fourth-order valence-corrected chi connectivity index (χ4v) is 1.28. The Labute approximate surface area is 107 Å². The molecular weight excluding hydrogens is 240 g/mol. The van der Waals surface area contributed by atoms with Gasteiger partial charge in [0.1, 0.15) is 11.4 Å². The first-order valence-electron chi connectivity index (χ1n) is 5.43.